The zero-order chi connectivity index (χ0) is 15.6. The molecule has 0 fully saturated rings. The quantitative estimate of drug-likeness (QED) is 0.766. The molecule has 0 aliphatic heterocycles. The van der Waals surface area contributed by atoms with Crippen LogP contribution in [0.5, 0.6) is 0 Å². The molecule has 0 spiro atoms. The lowest BCUT2D eigenvalue weighted by Gasteiger charge is -2.13. The highest BCUT2D eigenvalue weighted by Crippen LogP contribution is 2.22. The van der Waals surface area contributed by atoms with Crippen molar-refractivity contribution in [1.29, 1.82) is 0 Å². The maximum Gasteiger partial charge on any atom is 0.264 e. The molecular formula is C13H16N4O3S. The number of rotatable bonds is 4. The molecule has 2 rings (SSSR count). The SMILES string of the molecule is Cc1cc(CN)cc(S(=O)(=O)Nc2ccc(=O)[nH]n2)c1C. The molecule has 0 radical (unpaired) electrons. The molecule has 0 aliphatic carbocycles. The lowest BCUT2D eigenvalue weighted by Crippen LogP contribution is -2.18. The van der Waals surface area contributed by atoms with Gasteiger partial charge >= 0.3 is 0 Å². The number of aromatic nitrogens is 2. The molecule has 7 nitrogen and oxygen atoms in total. The summed E-state index contributed by atoms with van der Waals surface area (Å²) in [4.78, 5) is 11.1. The third kappa shape index (κ3) is 3.29. The predicted octanol–water partition coefficient (Wildman–Crippen LogP) is 0.646. The molecule has 1 heterocycles. The number of aryl methyl sites for hydroxylation is 1. The van der Waals surface area contributed by atoms with Crippen molar-refractivity contribution in [3.8, 4) is 0 Å². The monoisotopic (exact) mass is 308 g/mol. The predicted molar refractivity (Wildman–Crippen MR) is 79.5 cm³/mol. The van der Waals surface area contributed by atoms with E-state index < -0.39 is 15.6 Å². The summed E-state index contributed by atoms with van der Waals surface area (Å²) < 4.78 is 27.2. The van der Waals surface area contributed by atoms with E-state index in [2.05, 4.69) is 14.9 Å². The van der Waals surface area contributed by atoms with E-state index >= 15 is 0 Å². The van der Waals surface area contributed by atoms with Crippen LogP contribution in [-0.4, -0.2) is 18.6 Å². The summed E-state index contributed by atoms with van der Waals surface area (Å²) in [6.07, 6.45) is 0. The number of nitrogens with one attached hydrogen (secondary N) is 2. The van der Waals surface area contributed by atoms with Crippen LogP contribution in [0.3, 0.4) is 0 Å². The summed E-state index contributed by atoms with van der Waals surface area (Å²) in [6.45, 7) is 3.80. The van der Waals surface area contributed by atoms with Crippen molar-refractivity contribution in [2.24, 2.45) is 5.73 Å². The molecule has 1 aromatic heterocycles. The van der Waals surface area contributed by atoms with Gasteiger partial charge in [-0.15, -0.1) is 0 Å². The van der Waals surface area contributed by atoms with Crippen molar-refractivity contribution < 1.29 is 8.42 Å². The Kier molecular flexibility index (Phi) is 4.10. The molecule has 0 amide bonds. The fraction of sp³-hybridized carbons (Fsp3) is 0.231. The number of H-pyrrole nitrogens is 1. The number of sulfonamides is 1. The maximum absolute atomic E-state index is 12.4. The second-order valence-electron chi connectivity index (χ2n) is 4.65. The van der Waals surface area contributed by atoms with Crippen LogP contribution in [0.4, 0.5) is 5.82 Å². The van der Waals surface area contributed by atoms with Gasteiger partial charge in [0, 0.05) is 12.6 Å². The van der Waals surface area contributed by atoms with Gasteiger partial charge in [-0.05, 0) is 42.7 Å². The zero-order valence-corrected chi connectivity index (χ0v) is 12.5. The van der Waals surface area contributed by atoms with Gasteiger partial charge in [0.2, 0.25) is 0 Å². The second kappa shape index (κ2) is 5.66. The third-order valence-electron chi connectivity index (χ3n) is 3.12. The highest BCUT2D eigenvalue weighted by molar-refractivity contribution is 7.92. The van der Waals surface area contributed by atoms with Crippen LogP contribution in [0.25, 0.3) is 0 Å². The fourth-order valence-corrected chi connectivity index (χ4v) is 3.26. The van der Waals surface area contributed by atoms with Crippen molar-refractivity contribution >= 4 is 15.8 Å². The van der Waals surface area contributed by atoms with E-state index in [0.717, 1.165) is 11.1 Å². The highest BCUT2D eigenvalue weighted by Gasteiger charge is 2.19. The first-order valence-corrected chi connectivity index (χ1v) is 7.70. The summed E-state index contributed by atoms with van der Waals surface area (Å²) in [7, 11) is -3.80. The maximum atomic E-state index is 12.4. The first kappa shape index (κ1) is 15.2. The van der Waals surface area contributed by atoms with Crippen molar-refractivity contribution in [3.63, 3.8) is 0 Å². The first-order chi connectivity index (χ1) is 9.83. The fourth-order valence-electron chi connectivity index (χ4n) is 1.89. The van der Waals surface area contributed by atoms with Crippen LogP contribution >= 0.6 is 0 Å². The Morgan fingerprint density at radius 3 is 2.57 bits per heavy atom. The average molecular weight is 308 g/mol. The topological polar surface area (TPSA) is 118 Å². The molecule has 0 aliphatic rings. The molecule has 8 heteroatoms. The number of hydrogen-bond donors (Lipinski definition) is 3. The van der Waals surface area contributed by atoms with Crippen LogP contribution in [-0.2, 0) is 16.6 Å². The molecule has 1 aromatic carbocycles. The van der Waals surface area contributed by atoms with Crippen LogP contribution in [0.15, 0.2) is 34.0 Å². The van der Waals surface area contributed by atoms with Gasteiger partial charge in [0.05, 0.1) is 4.90 Å². The van der Waals surface area contributed by atoms with Crippen molar-refractivity contribution in [3.05, 3.63) is 51.3 Å². The Labute approximate surface area is 122 Å². The standard InChI is InChI=1S/C13H16N4O3S/c1-8-5-10(7-14)6-11(9(8)2)21(19,20)17-12-3-4-13(18)16-15-12/h3-6H,7,14H2,1-2H3,(H,15,17)(H,16,18). The number of nitrogens with zero attached hydrogens (tertiary/aromatic N) is 1. The first-order valence-electron chi connectivity index (χ1n) is 6.22. The van der Waals surface area contributed by atoms with E-state index in [1.165, 1.54) is 18.2 Å². The molecule has 0 unspecified atom stereocenters. The van der Waals surface area contributed by atoms with Gasteiger partial charge in [0.25, 0.3) is 15.6 Å². The number of hydrogen-bond acceptors (Lipinski definition) is 5. The zero-order valence-electron chi connectivity index (χ0n) is 11.7. The van der Waals surface area contributed by atoms with Crippen molar-refractivity contribution in [2.75, 3.05) is 4.72 Å². The number of benzene rings is 1. The van der Waals surface area contributed by atoms with Crippen LogP contribution in [0.2, 0.25) is 0 Å². The van der Waals surface area contributed by atoms with Crippen LogP contribution in [0, 0.1) is 13.8 Å². The molecule has 0 saturated heterocycles. The minimum Gasteiger partial charge on any atom is -0.326 e. The van der Waals surface area contributed by atoms with E-state index in [1.807, 2.05) is 13.0 Å². The van der Waals surface area contributed by atoms with Gasteiger partial charge in [-0.2, -0.15) is 5.10 Å². The van der Waals surface area contributed by atoms with Gasteiger partial charge < -0.3 is 5.73 Å². The molecule has 2 aromatic rings. The molecule has 0 bridgehead atoms. The minimum absolute atomic E-state index is 0.0461. The minimum atomic E-state index is -3.80. The smallest absolute Gasteiger partial charge is 0.264 e. The Morgan fingerprint density at radius 1 is 1.29 bits per heavy atom. The van der Waals surface area contributed by atoms with E-state index in [1.54, 1.807) is 6.92 Å². The largest absolute Gasteiger partial charge is 0.326 e. The Hall–Kier alpha value is -2.19. The number of aromatic amines is 1. The summed E-state index contributed by atoms with van der Waals surface area (Å²) in [6, 6.07) is 5.88. The van der Waals surface area contributed by atoms with Crippen molar-refractivity contribution in [2.45, 2.75) is 25.3 Å². The molecule has 112 valence electrons. The van der Waals surface area contributed by atoms with Gasteiger partial charge in [-0.25, -0.2) is 13.5 Å². The normalized spacial score (nSPS) is 11.4. The van der Waals surface area contributed by atoms with E-state index in [-0.39, 0.29) is 17.3 Å². The lowest BCUT2D eigenvalue weighted by molar-refractivity contribution is 0.600. The van der Waals surface area contributed by atoms with Crippen LogP contribution in [0.1, 0.15) is 16.7 Å². The molecule has 0 saturated carbocycles. The Bertz CT molecular complexity index is 807. The number of anilines is 1. The summed E-state index contributed by atoms with van der Waals surface area (Å²) in [5, 5.41) is 5.80. The van der Waals surface area contributed by atoms with Crippen LogP contribution < -0.4 is 16.0 Å². The molecule has 0 atom stereocenters. The third-order valence-corrected chi connectivity index (χ3v) is 4.60. The van der Waals surface area contributed by atoms with E-state index in [9.17, 15) is 13.2 Å². The highest BCUT2D eigenvalue weighted by atomic mass is 32.2. The summed E-state index contributed by atoms with van der Waals surface area (Å²) in [5.41, 5.74) is 7.39. The molecular weight excluding hydrogens is 292 g/mol. The lowest BCUT2D eigenvalue weighted by atomic mass is 10.1. The van der Waals surface area contributed by atoms with Gasteiger partial charge in [-0.1, -0.05) is 6.07 Å². The van der Waals surface area contributed by atoms with E-state index in [4.69, 9.17) is 5.73 Å². The van der Waals surface area contributed by atoms with Gasteiger partial charge in [0.15, 0.2) is 5.82 Å². The summed E-state index contributed by atoms with van der Waals surface area (Å²) >= 11 is 0. The van der Waals surface area contributed by atoms with Gasteiger partial charge in [-0.3, -0.25) is 9.52 Å². The Balaban J connectivity index is 2.46. The second-order valence-corrected chi connectivity index (χ2v) is 6.30. The van der Waals surface area contributed by atoms with Gasteiger partial charge in [0.1, 0.15) is 0 Å². The van der Waals surface area contributed by atoms with E-state index in [0.29, 0.717) is 5.56 Å². The molecule has 4 N–H and O–H groups in total. The number of nitrogens with two attached hydrogens (primary N) is 1. The van der Waals surface area contributed by atoms with Crippen molar-refractivity contribution in [1.82, 2.24) is 10.2 Å². The Morgan fingerprint density at radius 2 is 2.00 bits per heavy atom. The molecule has 21 heavy (non-hydrogen) atoms. The average Bonchev–Trinajstić information content (AvgIpc) is 2.43. The summed E-state index contributed by atoms with van der Waals surface area (Å²) in [5.74, 6) is 0.0461.